The van der Waals surface area contributed by atoms with Crippen LogP contribution in [0.2, 0.25) is 0 Å². The third-order valence-electron chi connectivity index (χ3n) is 4.34. The lowest BCUT2D eigenvalue weighted by Crippen LogP contribution is -2.47. The molecule has 2 rings (SSSR count). The molecule has 2 aliphatic rings. The number of carboxylic acids is 1. The van der Waals surface area contributed by atoms with Gasteiger partial charge < -0.3 is 15.2 Å². The van der Waals surface area contributed by atoms with E-state index in [4.69, 9.17) is 0 Å². The zero-order valence-electron chi connectivity index (χ0n) is 11.5. The topological polar surface area (TPSA) is 69.2 Å². The Bertz CT molecular complexity index is 383. The van der Waals surface area contributed by atoms with Crippen molar-refractivity contribution in [2.75, 3.05) is 0 Å². The molecule has 0 aromatic rings. The summed E-state index contributed by atoms with van der Waals surface area (Å²) in [6.45, 7) is 1.95. The molecule has 2 atom stereocenters. The van der Waals surface area contributed by atoms with Gasteiger partial charge in [0.05, 0.1) is 0 Å². The fourth-order valence-corrected chi connectivity index (χ4v) is 3.16. The highest BCUT2D eigenvalue weighted by Gasteiger charge is 2.32. The van der Waals surface area contributed by atoms with Crippen LogP contribution in [-0.2, 0) is 9.59 Å². The maximum absolute atomic E-state index is 12.3. The summed E-state index contributed by atoms with van der Waals surface area (Å²) in [6.07, 6.45) is 8.43. The zero-order chi connectivity index (χ0) is 13.8. The number of allylic oxidation sites excluding steroid dienone is 2. The van der Waals surface area contributed by atoms with Crippen molar-refractivity contribution in [3.8, 4) is 0 Å². The van der Waals surface area contributed by atoms with Gasteiger partial charge in [0.25, 0.3) is 0 Å². The molecule has 0 heterocycles. The molecular weight excluding hydrogens is 242 g/mol. The highest BCUT2D eigenvalue weighted by molar-refractivity contribution is 5.85. The Kier molecular flexibility index (Phi) is 4.61. The summed E-state index contributed by atoms with van der Waals surface area (Å²) < 4.78 is 0. The van der Waals surface area contributed by atoms with Crippen LogP contribution in [0.1, 0.15) is 51.9 Å². The molecule has 1 amide bonds. The first-order valence-electron chi connectivity index (χ1n) is 7.25. The monoisotopic (exact) mass is 264 g/mol. The van der Waals surface area contributed by atoms with Gasteiger partial charge in [-0.05, 0) is 32.6 Å². The zero-order valence-corrected chi connectivity index (χ0v) is 11.5. The minimum atomic E-state index is -1.10. The molecule has 2 aliphatic carbocycles. The van der Waals surface area contributed by atoms with Crippen molar-refractivity contribution in [1.82, 2.24) is 5.32 Å². The standard InChI is InChI=1S/C15H23NO3/c1-10-7-8-12(15(18)19)13(9-10)14(17)16-11-5-3-2-4-6-11/h7,11-13H,2-6,8-9H2,1H3,(H,16,17)(H,18,19)/p-1/t12-,13+/m0/s1. The normalized spacial score (nSPS) is 28.6. The summed E-state index contributed by atoms with van der Waals surface area (Å²) in [6, 6.07) is 0.231. The molecule has 1 N–H and O–H groups in total. The molecule has 0 radical (unpaired) electrons. The molecular formula is C15H22NO3-. The second-order valence-corrected chi connectivity index (χ2v) is 5.87. The second kappa shape index (κ2) is 6.22. The van der Waals surface area contributed by atoms with E-state index >= 15 is 0 Å². The number of carbonyl (C=O) groups excluding carboxylic acids is 2. The summed E-state index contributed by atoms with van der Waals surface area (Å²) in [4.78, 5) is 23.4. The van der Waals surface area contributed by atoms with Crippen molar-refractivity contribution >= 4 is 11.9 Å². The highest BCUT2D eigenvalue weighted by Crippen LogP contribution is 2.30. The van der Waals surface area contributed by atoms with Crippen LogP contribution in [0.15, 0.2) is 11.6 Å². The van der Waals surface area contributed by atoms with Crippen molar-refractivity contribution in [3.63, 3.8) is 0 Å². The van der Waals surface area contributed by atoms with E-state index in [1.54, 1.807) is 0 Å². The summed E-state index contributed by atoms with van der Waals surface area (Å²) in [7, 11) is 0. The molecule has 1 saturated carbocycles. The fourth-order valence-electron chi connectivity index (χ4n) is 3.16. The molecule has 0 aliphatic heterocycles. The Hall–Kier alpha value is -1.32. The van der Waals surface area contributed by atoms with E-state index in [-0.39, 0.29) is 11.9 Å². The first-order chi connectivity index (χ1) is 9.08. The van der Waals surface area contributed by atoms with Gasteiger partial charge in [-0.3, -0.25) is 4.79 Å². The van der Waals surface area contributed by atoms with Crippen molar-refractivity contribution in [1.29, 1.82) is 0 Å². The Morgan fingerprint density at radius 3 is 2.53 bits per heavy atom. The van der Waals surface area contributed by atoms with Gasteiger partial charge in [0.1, 0.15) is 0 Å². The van der Waals surface area contributed by atoms with Crippen LogP contribution in [0.5, 0.6) is 0 Å². The van der Waals surface area contributed by atoms with Crippen LogP contribution in [0.3, 0.4) is 0 Å². The van der Waals surface area contributed by atoms with Gasteiger partial charge in [-0.1, -0.05) is 30.9 Å². The van der Waals surface area contributed by atoms with Crippen LogP contribution in [0.25, 0.3) is 0 Å². The van der Waals surface area contributed by atoms with Gasteiger partial charge >= 0.3 is 0 Å². The summed E-state index contributed by atoms with van der Waals surface area (Å²) in [5, 5.41) is 14.2. The minimum absolute atomic E-state index is 0.103. The smallest absolute Gasteiger partial charge is 0.224 e. The lowest BCUT2D eigenvalue weighted by Gasteiger charge is -2.32. The van der Waals surface area contributed by atoms with Crippen LogP contribution in [-0.4, -0.2) is 17.9 Å². The van der Waals surface area contributed by atoms with Crippen LogP contribution in [0, 0.1) is 11.8 Å². The average molecular weight is 264 g/mol. The van der Waals surface area contributed by atoms with E-state index in [1.165, 1.54) is 6.42 Å². The molecule has 0 aromatic heterocycles. The largest absolute Gasteiger partial charge is 0.550 e. The number of amides is 1. The Morgan fingerprint density at radius 2 is 1.89 bits per heavy atom. The molecule has 0 unspecified atom stereocenters. The third kappa shape index (κ3) is 3.58. The van der Waals surface area contributed by atoms with Crippen LogP contribution < -0.4 is 10.4 Å². The van der Waals surface area contributed by atoms with E-state index in [0.29, 0.717) is 12.8 Å². The number of carboxylic acid groups (broad SMARTS) is 1. The number of rotatable bonds is 3. The summed E-state index contributed by atoms with van der Waals surface area (Å²) >= 11 is 0. The molecule has 19 heavy (non-hydrogen) atoms. The van der Waals surface area contributed by atoms with E-state index in [1.807, 2.05) is 13.0 Å². The Morgan fingerprint density at radius 1 is 1.21 bits per heavy atom. The van der Waals surface area contributed by atoms with Crippen molar-refractivity contribution in [3.05, 3.63) is 11.6 Å². The third-order valence-corrected chi connectivity index (χ3v) is 4.34. The predicted molar refractivity (Wildman–Crippen MR) is 70.0 cm³/mol. The van der Waals surface area contributed by atoms with Gasteiger partial charge in [0.2, 0.25) is 5.91 Å². The predicted octanol–water partition coefficient (Wildman–Crippen LogP) is 1.16. The molecule has 0 spiro atoms. The van der Waals surface area contributed by atoms with Gasteiger partial charge in [-0.2, -0.15) is 0 Å². The van der Waals surface area contributed by atoms with Gasteiger partial charge in [-0.25, -0.2) is 0 Å². The van der Waals surface area contributed by atoms with Crippen molar-refractivity contribution in [2.24, 2.45) is 11.8 Å². The fraction of sp³-hybridized carbons (Fsp3) is 0.733. The van der Waals surface area contributed by atoms with E-state index in [9.17, 15) is 14.7 Å². The molecule has 0 bridgehead atoms. The Balaban J connectivity index is 1.98. The van der Waals surface area contributed by atoms with Gasteiger partial charge in [-0.15, -0.1) is 0 Å². The SMILES string of the molecule is CC1=CC[C@H](C(=O)[O-])[C@H](C(=O)NC2CCCCC2)C1. The van der Waals surface area contributed by atoms with Crippen LogP contribution >= 0.6 is 0 Å². The molecule has 4 nitrogen and oxygen atoms in total. The molecule has 0 saturated heterocycles. The number of nitrogens with one attached hydrogen (secondary N) is 1. The number of hydrogen-bond donors (Lipinski definition) is 1. The summed E-state index contributed by atoms with van der Waals surface area (Å²) in [5.41, 5.74) is 1.10. The average Bonchev–Trinajstić information content (AvgIpc) is 2.39. The quantitative estimate of drug-likeness (QED) is 0.778. The number of aliphatic carboxylic acids is 1. The number of hydrogen-bond acceptors (Lipinski definition) is 3. The molecule has 4 heteroatoms. The summed E-state index contributed by atoms with van der Waals surface area (Å²) in [5.74, 6) is -2.34. The Labute approximate surface area is 114 Å². The molecule has 0 aromatic carbocycles. The van der Waals surface area contributed by atoms with Gasteiger partial charge in [0.15, 0.2) is 0 Å². The highest BCUT2D eigenvalue weighted by atomic mass is 16.4. The first-order valence-corrected chi connectivity index (χ1v) is 7.25. The van der Waals surface area contributed by atoms with Crippen LogP contribution in [0.4, 0.5) is 0 Å². The maximum atomic E-state index is 12.3. The first kappa shape index (κ1) is 14.1. The van der Waals surface area contributed by atoms with E-state index in [2.05, 4.69) is 5.32 Å². The van der Waals surface area contributed by atoms with E-state index < -0.39 is 17.8 Å². The lowest BCUT2D eigenvalue weighted by molar-refractivity contribution is -0.313. The maximum Gasteiger partial charge on any atom is 0.224 e. The molecule has 1 fully saturated rings. The van der Waals surface area contributed by atoms with Crippen molar-refractivity contribution < 1.29 is 14.7 Å². The minimum Gasteiger partial charge on any atom is -0.550 e. The number of carbonyl (C=O) groups is 2. The lowest BCUT2D eigenvalue weighted by atomic mass is 9.79. The van der Waals surface area contributed by atoms with Crippen molar-refractivity contribution in [2.45, 2.75) is 57.9 Å². The van der Waals surface area contributed by atoms with Gasteiger partial charge in [0, 0.05) is 23.8 Å². The molecule has 106 valence electrons. The van der Waals surface area contributed by atoms with E-state index in [0.717, 1.165) is 31.3 Å². The second-order valence-electron chi connectivity index (χ2n) is 5.87.